The maximum absolute atomic E-state index is 6.18. The molecular weight excluding hydrogens is 286 g/mol. The SMILES string of the molecule is CCCN(CCC)c1cc(Cl)c(C)cc1Br. The minimum atomic E-state index is 0.843. The van der Waals surface area contributed by atoms with Gasteiger partial charge in [0.1, 0.15) is 0 Å². The normalized spacial score (nSPS) is 10.6. The quantitative estimate of drug-likeness (QED) is 0.737. The Hall–Kier alpha value is -0.210. The van der Waals surface area contributed by atoms with Crippen LogP contribution in [0.3, 0.4) is 0 Å². The second-order valence-electron chi connectivity index (χ2n) is 4.04. The van der Waals surface area contributed by atoms with Crippen LogP contribution in [0.15, 0.2) is 16.6 Å². The van der Waals surface area contributed by atoms with Crippen molar-refractivity contribution in [3.63, 3.8) is 0 Å². The number of nitrogens with zero attached hydrogens (tertiary/aromatic N) is 1. The molecule has 0 spiro atoms. The molecule has 0 aromatic heterocycles. The predicted octanol–water partition coefficient (Wildman–Crippen LogP) is 5.04. The van der Waals surface area contributed by atoms with Gasteiger partial charge in [0.25, 0.3) is 0 Å². The summed E-state index contributed by atoms with van der Waals surface area (Å²) in [5.74, 6) is 0. The molecule has 1 aromatic carbocycles. The highest BCUT2D eigenvalue weighted by Gasteiger charge is 2.10. The van der Waals surface area contributed by atoms with E-state index in [0.717, 1.165) is 41.0 Å². The monoisotopic (exact) mass is 303 g/mol. The first-order valence-corrected chi connectivity index (χ1v) is 6.97. The van der Waals surface area contributed by atoms with Crippen LogP contribution in [-0.2, 0) is 0 Å². The Bertz CT molecular complexity index is 346. The Labute approximate surface area is 112 Å². The lowest BCUT2D eigenvalue weighted by Crippen LogP contribution is -2.25. The van der Waals surface area contributed by atoms with Gasteiger partial charge >= 0.3 is 0 Å². The van der Waals surface area contributed by atoms with E-state index in [4.69, 9.17) is 11.6 Å². The minimum Gasteiger partial charge on any atom is -0.371 e. The molecule has 0 saturated heterocycles. The first-order valence-electron chi connectivity index (χ1n) is 5.80. The number of benzene rings is 1. The van der Waals surface area contributed by atoms with Crippen LogP contribution in [0, 0.1) is 6.92 Å². The number of halogens is 2. The van der Waals surface area contributed by atoms with Gasteiger partial charge in [-0.05, 0) is 53.4 Å². The van der Waals surface area contributed by atoms with Gasteiger partial charge < -0.3 is 4.90 Å². The zero-order valence-corrected chi connectivity index (χ0v) is 12.5. The molecule has 1 rings (SSSR count). The topological polar surface area (TPSA) is 3.24 Å². The minimum absolute atomic E-state index is 0.843. The third-order valence-electron chi connectivity index (χ3n) is 2.56. The fraction of sp³-hybridized carbons (Fsp3) is 0.538. The van der Waals surface area contributed by atoms with Gasteiger partial charge in [-0.25, -0.2) is 0 Å². The van der Waals surface area contributed by atoms with E-state index in [1.54, 1.807) is 0 Å². The van der Waals surface area contributed by atoms with Crippen molar-refractivity contribution in [2.45, 2.75) is 33.6 Å². The van der Waals surface area contributed by atoms with Crippen molar-refractivity contribution in [2.24, 2.45) is 0 Å². The molecule has 0 unspecified atom stereocenters. The molecule has 0 bridgehead atoms. The maximum Gasteiger partial charge on any atom is 0.0525 e. The molecule has 0 aliphatic rings. The standard InChI is InChI=1S/C13H19BrClN/c1-4-6-16(7-5-2)13-9-12(15)10(3)8-11(13)14/h8-9H,4-7H2,1-3H3. The fourth-order valence-electron chi connectivity index (χ4n) is 1.77. The first kappa shape index (κ1) is 13.9. The van der Waals surface area contributed by atoms with Crippen molar-refractivity contribution >= 4 is 33.2 Å². The van der Waals surface area contributed by atoms with Gasteiger partial charge in [0.2, 0.25) is 0 Å². The summed E-state index contributed by atoms with van der Waals surface area (Å²) >= 11 is 9.80. The van der Waals surface area contributed by atoms with Crippen molar-refractivity contribution in [3.05, 3.63) is 27.2 Å². The van der Waals surface area contributed by atoms with Gasteiger partial charge in [-0.3, -0.25) is 0 Å². The molecule has 0 amide bonds. The van der Waals surface area contributed by atoms with Gasteiger partial charge in [0.15, 0.2) is 0 Å². The van der Waals surface area contributed by atoms with Gasteiger partial charge in [0.05, 0.1) is 5.69 Å². The Morgan fingerprint density at radius 1 is 1.19 bits per heavy atom. The van der Waals surface area contributed by atoms with E-state index in [-0.39, 0.29) is 0 Å². The molecule has 0 aliphatic carbocycles. The summed E-state index contributed by atoms with van der Waals surface area (Å²) in [6.07, 6.45) is 2.30. The smallest absolute Gasteiger partial charge is 0.0525 e. The van der Waals surface area contributed by atoms with Crippen LogP contribution in [0.4, 0.5) is 5.69 Å². The lowest BCUT2D eigenvalue weighted by Gasteiger charge is -2.25. The molecule has 0 fully saturated rings. The van der Waals surface area contributed by atoms with Crippen LogP contribution in [0.1, 0.15) is 32.3 Å². The summed E-state index contributed by atoms with van der Waals surface area (Å²) in [6.45, 7) is 8.58. The Kier molecular flexibility index (Phi) is 5.63. The summed E-state index contributed by atoms with van der Waals surface area (Å²) in [7, 11) is 0. The maximum atomic E-state index is 6.18. The molecule has 0 atom stereocenters. The number of hydrogen-bond acceptors (Lipinski definition) is 1. The molecule has 90 valence electrons. The lowest BCUT2D eigenvalue weighted by molar-refractivity contribution is 0.743. The molecule has 1 nitrogen and oxygen atoms in total. The van der Waals surface area contributed by atoms with Crippen LogP contribution in [0.2, 0.25) is 5.02 Å². The molecule has 3 heteroatoms. The van der Waals surface area contributed by atoms with E-state index in [0.29, 0.717) is 0 Å². The van der Waals surface area contributed by atoms with Gasteiger partial charge in [-0.1, -0.05) is 25.4 Å². The number of aryl methyl sites for hydroxylation is 1. The van der Waals surface area contributed by atoms with E-state index in [9.17, 15) is 0 Å². The van der Waals surface area contributed by atoms with Gasteiger partial charge in [-0.15, -0.1) is 0 Å². The highest BCUT2D eigenvalue weighted by atomic mass is 79.9. The second-order valence-corrected chi connectivity index (χ2v) is 5.30. The van der Waals surface area contributed by atoms with E-state index in [1.807, 2.05) is 6.92 Å². The van der Waals surface area contributed by atoms with Crippen molar-refractivity contribution in [1.82, 2.24) is 0 Å². The summed E-state index contributed by atoms with van der Waals surface area (Å²) in [4.78, 5) is 2.38. The summed E-state index contributed by atoms with van der Waals surface area (Å²) in [5.41, 5.74) is 2.32. The molecule has 0 aliphatic heterocycles. The predicted molar refractivity (Wildman–Crippen MR) is 76.7 cm³/mol. The Morgan fingerprint density at radius 2 is 1.75 bits per heavy atom. The molecule has 16 heavy (non-hydrogen) atoms. The van der Waals surface area contributed by atoms with Crippen molar-refractivity contribution in [1.29, 1.82) is 0 Å². The summed E-state index contributed by atoms with van der Waals surface area (Å²) < 4.78 is 1.14. The van der Waals surface area contributed by atoms with Crippen molar-refractivity contribution in [3.8, 4) is 0 Å². The highest BCUT2D eigenvalue weighted by Crippen LogP contribution is 2.32. The van der Waals surface area contributed by atoms with Crippen LogP contribution < -0.4 is 4.90 Å². The second kappa shape index (κ2) is 6.51. The third kappa shape index (κ3) is 3.39. The molecular formula is C13H19BrClN. The summed E-state index contributed by atoms with van der Waals surface area (Å²) in [6, 6.07) is 4.16. The highest BCUT2D eigenvalue weighted by molar-refractivity contribution is 9.10. The largest absolute Gasteiger partial charge is 0.371 e. The first-order chi connectivity index (χ1) is 7.60. The van der Waals surface area contributed by atoms with Crippen molar-refractivity contribution in [2.75, 3.05) is 18.0 Å². The average molecular weight is 305 g/mol. The van der Waals surface area contributed by atoms with Crippen LogP contribution in [-0.4, -0.2) is 13.1 Å². The van der Waals surface area contributed by atoms with E-state index < -0.39 is 0 Å². The number of anilines is 1. The Morgan fingerprint density at radius 3 is 2.25 bits per heavy atom. The van der Waals surface area contributed by atoms with E-state index >= 15 is 0 Å². The third-order valence-corrected chi connectivity index (χ3v) is 3.60. The fourth-order valence-corrected chi connectivity index (χ4v) is 2.64. The van der Waals surface area contributed by atoms with E-state index in [1.165, 1.54) is 5.69 Å². The van der Waals surface area contributed by atoms with E-state index in [2.05, 4.69) is 46.8 Å². The molecule has 0 saturated carbocycles. The number of rotatable bonds is 5. The molecule has 0 radical (unpaired) electrons. The Balaban J connectivity index is 3.03. The van der Waals surface area contributed by atoms with Crippen LogP contribution in [0.5, 0.6) is 0 Å². The summed E-state index contributed by atoms with van der Waals surface area (Å²) in [5, 5.41) is 0.843. The lowest BCUT2D eigenvalue weighted by atomic mass is 10.2. The molecule has 1 aromatic rings. The van der Waals surface area contributed by atoms with Crippen LogP contribution >= 0.6 is 27.5 Å². The zero-order chi connectivity index (χ0) is 12.1. The molecule has 0 N–H and O–H groups in total. The van der Waals surface area contributed by atoms with Gasteiger partial charge in [0, 0.05) is 22.6 Å². The van der Waals surface area contributed by atoms with Crippen molar-refractivity contribution < 1.29 is 0 Å². The molecule has 0 heterocycles. The van der Waals surface area contributed by atoms with Gasteiger partial charge in [-0.2, -0.15) is 0 Å². The average Bonchev–Trinajstić information content (AvgIpc) is 2.23. The number of hydrogen-bond donors (Lipinski definition) is 0. The van der Waals surface area contributed by atoms with Crippen LogP contribution in [0.25, 0.3) is 0 Å². The zero-order valence-electron chi connectivity index (χ0n) is 10.2.